The SMILES string of the molecule is CN(C)c1cccc(C(=O)Nc2cc(Br)ccc2C#N)c1. The highest BCUT2D eigenvalue weighted by atomic mass is 79.9. The van der Waals surface area contributed by atoms with Crippen molar-refractivity contribution in [1.82, 2.24) is 0 Å². The third-order valence-corrected chi connectivity index (χ3v) is 3.47. The van der Waals surface area contributed by atoms with Crippen LogP contribution in [0.3, 0.4) is 0 Å². The van der Waals surface area contributed by atoms with Gasteiger partial charge >= 0.3 is 0 Å². The van der Waals surface area contributed by atoms with Crippen molar-refractivity contribution in [2.45, 2.75) is 0 Å². The van der Waals surface area contributed by atoms with E-state index in [0.29, 0.717) is 16.8 Å². The monoisotopic (exact) mass is 343 g/mol. The number of rotatable bonds is 3. The maximum atomic E-state index is 12.3. The molecule has 0 bridgehead atoms. The number of carbonyl (C=O) groups is 1. The van der Waals surface area contributed by atoms with Crippen LogP contribution in [-0.4, -0.2) is 20.0 Å². The van der Waals surface area contributed by atoms with E-state index < -0.39 is 0 Å². The average Bonchev–Trinajstić information content (AvgIpc) is 2.47. The molecule has 1 N–H and O–H groups in total. The van der Waals surface area contributed by atoms with E-state index in [4.69, 9.17) is 5.26 Å². The molecule has 0 aliphatic rings. The molecule has 4 nitrogen and oxygen atoms in total. The summed E-state index contributed by atoms with van der Waals surface area (Å²) in [7, 11) is 3.83. The second-order valence-corrected chi connectivity index (χ2v) is 5.62. The topological polar surface area (TPSA) is 56.1 Å². The third-order valence-electron chi connectivity index (χ3n) is 2.98. The number of hydrogen-bond donors (Lipinski definition) is 1. The van der Waals surface area contributed by atoms with Crippen LogP contribution >= 0.6 is 15.9 Å². The Labute approximate surface area is 132 Å². The molecular weight excluding hydrogens is 330 g/mol. The van der Waals surface area contributed by atoms with E-state index in [9.17, 15) is 4.79 Å². The van der Waals surface area contributed by atoms with Crippen molar-refractivity contribution >= 4 is 33.2 Å². The Hall–Kier alpha value is -2.32. The maximum absolute atomic E-state index is 12.3. The highest BCUT2D eigenvalue weighted by molar-refractivity contribution is 9.10. The number of carbonyl (C=O) groups excluding carboxylic acids is 1. The van der Waals surface area contributed by atoms with Crippen molar-refractivity contribution in [3.05, 3.63) is 58.1 Å². The number of nitrogens with one attached hydrogen (secondary N) is 1. The summed E-state index contributed by atoms with van der Waals surface area (Å²) in [6.45, 7) is 0. The van der Waals surface area contributed by atoms with Crippen LogP contribution in [0.5, 0.6) is 0 Å². The van der Waals surface area contributed by atoms with Gasteiger partial charge in [0.1, 0.15) is 6.07 Å². The number of nitriles is 1. The molecule has 0 saturated carbocycles. The van der Waals surface area contributed by atoms with Gasteiger partial charge in [-0.3, -0.25) is 4.79 Å². The number of benzene rings is 2. The van der Waals surface area contributed by atoms with E-state index in [2.05, 4.69) is 27.3 Å². The van der Waals surface area contributed by atoms with Crippen LogP contribution in [0.4, 0.5) is 11.4 Å². The normalized spacial score (nSPS) is 9.81. The predicted octanol–water partition coefficient (Wildman–Crippen LogP) is 3.64. The lowest BCUT2D eigenvalue weighted by Crippen LogP contribution is -2.14. The maximum Gasteiger partial charge on any atom is 0.255 e. The molecule has 0 aliphatic carbocycles. The first-order valence-electron chi connectivity index (χ1n) is 6.29. The molecule has 0 atom stereocenters. The predicted molar refractivity (Wildman–Crippen MR) is 87.6 cm³/mol. The first-order chi connectivity index (χ1) is 10.0. The van der Waals surface area contributed by atoms with Crippen molar-refractivity contribution in [2.75, 3.05) is 24.3 Å². The zero-order valence-corrected chi connectivity index (χ0v) is 13.3. The van der Waals surface area contributed by atoms with Crippen molar-refractivity contribution in [3.8, 4) is 6.07 Å². The van der Waals surface area contributed by atoms with Crippen molar-refractivity contribution in [1.29, 1.82) is 5.26 Å². The smallest absolute Gasteiger partial charge is 0.255 e. The van der Waals surface area contributed by atoms with E-state index in [1.165, 1.54) is 0 Å². The molecule has 1 amide bonds. The van der Waals surface area contributed by atoms with Gasteiger partial charge < -0.3 is 10.2 Å². The second kappa shape index (κ2) is 6.42. The number of anilines is 2. The molecular formula is C16H14BrN3O. The van der Waals surface area contributed by atoms with Crippen molar-refractivity contribution in [2.24, 2.45) is 0 Å². The Morgan fingerprint density at radius 1 is 1.24 bits per heavy atom. The van der Waals surface area contributed by atoms with Gasteiger partial charge in [-0.05, 0) is 36.4 Å². The molecule has 0 radical (unpaired) electrons. The summed E-state index contributed by atoms with van der Waals surface area (Å²) in [4.78, 5) is 14.2. The zero-order valence-electron chi connectivity index (χ0n) is 11.7. The van der Waals surface area contributed by atoms with Gasteiger partial charge in [0.15, 0.2) is 0 Å². The average molecular weight is 344 g/mol. The lowest BCUT2D eigenvalue weighted by molar-refractivity contribution is 0.102. The van der Waals surface area contributed by atoms with Gasteiger partial charge in [0.2, 0.25) is 0 Å². The lowest BCUT2D eigenvalue weighted by atomic mass is 10.1. The fraction of sp³-hybridized carbons (Fsp3) is 0.125. The highest BCUT2D eigenvalue weighted by Gasteiger charge is 2.10. The fourth-order valence-electron chi connectivity index (χ4n) is 1.84. The molecule has 2 rings (SSSR count). The number of hydrogen-bond acceptors (Lipinski definition) is 3. The van der Waals surface area contributed by atoms with Gasteiger partial charge in [-0.25, -0.2) is 0 Å². The van der Waals surface area contributed by atoms with E-state index in [-0.39, 0.29) is 5.91 Å². The van der Waals surface area contributed by atoms with Gasteiger partial charge in [-0.15, -0.1) is 0 Å². The summed E-state index contributed by atoms with van der Waals surface area (Å²) in [6, 6.07) is 14.5. The minimum absolute atomic E-state index is 0.242. The molecule has 5 heteroatoms. The Morgan fingerprint density at radius 2 is 2.00 bits per heavy atom. The van der Waals surface area contributed by atoms with Gasteiger partial charge in [-0.2, -0.15) is 5.26 Å². The van der Waals surface area contributed by atoms with Gasteiger partial charge in [0.25, 0.3) is 5.91 Å². The van der Waals surface area contributed by atoms with Crippen LogP contribution in [0.25, 0.3) is 0 Å². The molecule has 106 valence electrons. The molecule has 2 aromatic rings. The summed E-state index contributed by atoms with van der Waals surface area (Å²) in [6.07, 6.45) is 0. The van der Waals surface area contributed by atoms with Crippen molar-refractivity contribution in [3.63, 3.8) is 0 Å². The number of nitrogens with zero attached hydrogens (tertiary/aromatic N) is 2. The Morgan fingerprint density at radius 3 is 2.67 bits per heavy atom. The lowest BCUT2D eigenvalue weighted by Gasteiger charge is -2.14. The first kappa shape index (κ1) is 15.1. The molecule has 0 fully saturated rings. The van der Waals surface area contributed by atoms with Crippen LogP contribution in [0.15, 0.2) is 46.9 Å². The van der Waals surface area contributed by atoms with E-state index in [1.54, 1.807) is 30.3 Å². The number of halogens is 1. The molecule has 0 heterocycles. The molecule has 21 heavy (non-hydrogen) atoms. The zero-order chi connectivity index (χ0) is 15.4. The summed E-state index contributed by atoms with van der Waals surface area (Å²) in [5, 5.41) is 11.9. The van der Waals surface area contributed by atoms with E-state index in [0.717, 1.165) is 10.2 Å². The molecule has 0 unspecified atom stereocenters. The van der Waals surface area contributed by atoms with Gasteiger partial charge in [-0.1, -0.05) is 22.0 Å². The molecule has 2 aromatic carbocycles. The third kappa shape index (κ3) is 3.61. The molecule has 0 aliphatic heterocycles. The standard InChI is InChI=1S/C16H14BrN3O/c1-20(2)14-5-3-4-11(8-14)16(21)19-15-9-13(17)7-6-12(15)10-18/h3-9H,1-2H3,(H,19,21). The largest absolute Gasteiger partial charge is 0.378 e. The molecule has 0 saturated heterocycles. The quantitative estimate of drug-likeness (QED) is 0.925. The van der Waals surface area contributed by atoms with E-state index in [1.807, 2.05) is 31.1 Å². The van der Waals surface area contributed by atoms with Crippen LogP contribution in [0.2, 0.25) is 0 Å². The Balaban J connectivity index is 2.28. The number of amides is 1. The van der Waals surface area contributed by atoms with Crippen LogP contribution < -0.4 is 10.2 Å². The van der Waals surface area contributed by atoms with Gasteiger partial charge in [0.05, 0.1) is 11.3 Å². The van der Waals surface area contributed by atoms with Gasteiger partial charge in [0, 0.05) is 29.8 Å². The highest BCUT2D eigenvalue weighted by Crippen LogP contribution is 2.22. The summed E-state index contributed by atoms with van der Waals surface area (Å²) >= 11 is 3.33. The van der Waals surface area contributed by atoms with E-state index >= 15 is 0 Å². The summed E-state index contributed by atoms with van der Waals surface area (Å²) < 4.78 is 0.804. The van der Waals surface area contributed by atoms with Crippen LogP contribution in [-0.2, 0) is 0 Å². The second-order valence-electron chi connectivity index (χ2n) is 4.70. The van der Waals surface area contributed by atoms with Crippen LogP contribution in [0.1, 0.15) is 15.9 Å². The molecule has 0 spiro atoms. The minimum Gasteiger partial charge on any atom is -0.378 e. The molecule has 0 aromatic heterocycles. The first-order valence-corrected chi connectivity index (χ1v) is 7.09. The minimum atomic E-state index is -0.242. The van der Waals surface area contributed by atoms with Crippen LogP contribution in [0, 0.1) is 11.3 Å². The van der Waals surface area contributed by atoms with Crippen molar-refractivity contribution < 1.29 is 4.79 Å². The Kier molecular flexibility index (Phi) is 4.61. The summed E-state index contributed by atoms with van der Waals surface area (Å²) in [5.74, 6) is -0.242. The summed E-state index contributed by atoms with van der Waals surface area (Å²) in [5.41, 5.74) is 2.41. The Bertz CT molecular complexity index is 720. The fourth-order valence-corrected chi connectivity index (χ4v) is 2.20.